The van der Waals surface area contributed by atoms with Gasteiger partial charge in [-0.3, -0.25) is 14.4 Å². The maximum absolute atomic E-state index is 12.7. The van der Waals surface area contributed by atoms with Gasteiger partial charge in [0.1, 0.15) is 12.7 Å². The summed E-state index contributed by atoms with van der Waals surface area (Å²) in [7, 11) is 0. The molecule has 0 unspecified atom stereocenters. The first kappa shape index (κ1) is 20.3. The van der Waals surface area contributed by atoms with Crippen molar-refractivity contribution in [1.82, 2.24) is 24.6 Å². The molecule has 1 aliphatic heterocycles. The van der Waals surface area contributed by atoms with Crippen LogP contribution in [-0.4, -0.2) is 56.7 Å². The second kappa shape index (κ2) is 9.18. The number of hydrogen-bond acceptors (Lipinski definition) is 4. The third-order valence-electron chi connectivity index (χ3n) is 4.87. The normalized spacial score (nSPS) is 16.2. The van der Waals surface area contributed by atoms with Crippen LogP contribution < -0.4 is 0 Å². The van der Waals surface area contributed by atoms with E-state index in [1.807, 2.05) is 4.90 Å². The summed E-state index contributed by atoms with van der Waals surface area (Å²) in [6, 6.07) is 5.30. The zero-order valence-electron chi connectivity index (χ0n) is 15.6. The molecule has 1 aliphatic rings. The van der Waals surface area contributed by atoms with Gasteiger partial charge in [-0.1, -0.05) is 12.1 Å². The molecule has 3 rings (SSSR count). The first-order valence-electron chi connectivity index (χ1n) is 9.40. The van der Waals surface area contributed by atoms with Gasteiger partial charge in [0.15, 0.2) is 0 Å². The Hall–Kier alpha value is -2.42. The molecule has 9 heteroatoms. The Kier molecular flexibility index (Phi) is 6.66. The van der Waals surface area contributed by atoms with Crippen molar-refractivity contribution >= 4 is 5.91 Å². The van der Waals surface area contributed by atoms with Crippen molar-refractivity contribution in [3.8, 4) is 0 Å². The Morgan fingerprint density at radius 3 is 2.54 bits per heavy atom. The lowest BCUT2D eigenvalue weighted by Gasteiger charge is -2.22. The molecule has 0 aliphatic carbocycles. The lowest BCUT2D eigenvalue weighted by molar-refractivity contribution is -0.137. The molecule has 6 nitrogen and oxygen atoms in total. The first-order chi connectivity index (χ1) is 13.4. The van der Waals surface area contributed by atoms with E-state index in [0.29, 0.717) is 39.0 Å². The number of aromatic nitrogens is 3. The second-order valence-electron chi connectivity index (χ2n) is 6.97. The third-order valence-corrected chi connectivity index (χ3v) is 4.87. The highest BCUT2D eigenvalue weighted by molar-refractivity contribution is 5.76. The molecule has 28 heavy (non-hydrogen) atoms. The van der Waals surface area contributed by atoms with Gasteiger partial charge in [0.2, 0.25) is 5.91 Å². The first-order valence-corrected chi connectivity index (χ1v) is 9.40. The van der Waals surface area contributed by atoms with E-state index in [-0.39, 0.29) is 5.91 Å². The molecule has 0 spiro atoms. The number of carbonyl (C=O) groups excluding carboxylic acids is 1. The van der Waals surface area contributed by atoms with Crippen LogP contribution in [0.1, 0.15) is 30.4 Å². The van der Waals surface area contributed by atoms with Gasteiger partial charge in [0.05, 0.1) is 5.56 Å². The van der Waals surface area contributed by atoms with E-state index in [9.17, 15) is 18.0 Å². The molecule has 0 radical (unpaired) electrons. The molecule has 1 aromatic carbocycles. The molecule has 0 saturated carbocycles. The zero-order chi connectivity index (χ0) is 20.0. The molecule has 0 N–H and O–H groups in total. The smallest absolute Gasteiger partial charge is 0.341 e. The second-order valence-corrected chi connectivity index (χ2v) is 6.97. The number of aryl methyl sites for hydroxylation is 1. The zero-order valence-corrected chi connectivity index (χ0v) is 15.6. The van der Waals surface area contributed by atoms with Gasteiger partial charge in [0.25, 0.3) is 0 Å². The van der Waals surface area contributed by atoms with Crippen LogP contribution in [-0.2, 0) is 24.1 Å². The number of carbonyl (C=O) groups is 1. The number of amides is 1. The van der Waals surface area contributed by atoms with Crippen molar-refractivity contribution in [1.29, 1.82) is 0 Å². The van der Waals surface area contributed by atoms with Gasteiger partial charge < -0.3 is 4.90 Å². The van der Waals surface area contributed by atoms with Gasteiger partial charge in [-0.25, -0.2) is 4.98 Å². The standard InChI is InChI=1S/C19H24F3N5O/c20-19(21,22)17-6-4-16(5-7-17)13-25-8-2-9-26(12-11-25)18(28)3-1-10-27-15-23-14-24-27/h4-7,14-15H,1-3,8-13H2. The van der Waals surface area contributed by atoms with Crippen molar-refractivity contribution in [2.24, 2.45) is 0 Å². The Bertz CT molecular complexity index is 746. The fourth-order valence-electron chi connectivity index (χ4n) is 3.33. The van der Waals surface area contributed by atoms with E-state index in [1.54, 1.807) is 11.0 Å². The Morgan fingerprint density at radius 1 is 1.07 bits per heavy atom. The molecule has 1 amide bonds. The molecule has 0 bridgehead atoms. The minimum absolute atomic E-state index is 0.136. The Morgan fingerprint density at radius 2 is 1.86 bits per heavy atom. The van der Waals surface area contributed by atoms with Gasteiger partial charge in [-0.05, 0) is 30.5 Å². The van der Waals surface area contributed by atoms with Crippen LogP contribution in [0.25, 0.3) is 0 Å². The van der Waals surface area contributed by atoms with Gasteiger partial charge in [0, 0.05) is 45.7 Å². The quantitative estimate of drug-likeness (QED) is 0.755. The summed E-state index contributed by atoms with van der Waals surface area (Å²) in [5.41, 5.74) is 0.218. The number of nitrogens with zero attached hydrogens (tertiary/aromatic N) is 5. The summed E-state index contributed by atoms with van der Waals surface area (Å²) in [6.45, 7) is 4.15. The van der Waals surface area contributed by atoms with Gasteiger partial charge in [-0.2, -0.15) is 18.3 Å². The van der Waals surface area contributed by atoms with Crippen molar-refractivity contribution < 1.29 is 18.0 Å². The summed E-state index contributed by atoms with van der Waals surface area (Å²) in [5.74, 6) is 0.136. The molecule has 152 valence electrons. The number of benzene rings is 1. The molecule has 1 saturated heterocycles. The van der Waals surface area contributed by atoms with Crippen LogP contribution in [0.4, 0.5) is 13.2 Å². The highest BCUT2D eigenvalue weighted by Crippen LogP contribution is 2.29. The number of hydrogen-bond donors (Lipinski definition) is 0. The SMILES string of the molecule is O=C(CCCn1cncn1)N1CCCN(Cc2ccc(C(F)(F)F)cc2)CC1. The maximum Gasteiger partial charge on any atom is 0.416 e. The monoisotopic (exact) mass is 395 g/mol. The van der Waals surface area contributed by atoms with Crippen LogP contribution in [0.3, 0.4) is 0 Å². The van der Waals surface area contributed by atoms with E-state index >= 15 is 0 Å². The van der Waals surface area contributed by atoms with Gasteiger partial charge >= 0.3 is 6.18 Å². The highest BCUT2D eigenvalue weighted by atomic mass is 19.4. The fourth-order valence-corrected chi connectivity index (χ4v) is 3.33. The van der Waals surface area contributed by atoms with Crippen LogP contribution >= 0.6 is 0 Å². The van der Waals surface area contributed by atoms with E-state index in [2.05, 4.69) is 15.0 Å². The summed E-state index contributed by atoms with van der Waals surface area (Å²) in [4.78, 5) is 20.4. The third kappa shape index (κ3) is 5.79. The molecule has 0 atom stereocenters. The average Bonchev–Trinajstić information content (AvgIpc) is 3.06. The minimum Gasteiger partial charge on any atom is -0.341 e. The molecule has 1 fully saturated rings. The molecule has 1 aromatic heterocycles. The average molecular weight is 395 g/mol. The van der Waals surface area contributed by atoms with Crippen LogP contribution in [0.15, 0.2) is 36.9 Å². The largest absolute Gasteiger partial charge is 0.416 e. The molecule has 2 heterocycles. The van der Waals surface area contributed by atoms with E-state index in [0.717, 1.165) is 37.2 Å². The minimum atomic E-state index is -4.31. The molecule has 2 aromatic rings. The highest BCUT2D eigenvalue weighted by Gasteiger charge is 2.30. The van der Waals surface area contributed by atoms with Crippen molar-refractivity contribution in [3.05, 3.63) is 48.0 Å². The lowest BCUT2D eigenvalue weighted by atomic mass is 10.1. The number of halogens is 3. The van der Waals surface area contributed by atoms with Crippen molar-refractivity contribution in [3.63, 3.8) is 0 Å². The summed E-state index contributed by atoms with van der Waals surface area (Å²) in [5, 5.41) is 4.02. The van der Waals surface area contributed by atoms with Gasteiger partial charge in [-0.15, -0.1) is 0 Å². The Balaban J connectivity index is 1.44. The van der Waals surface area contributed by atoms with Crippen LogP contribution in [0.2, 0.25) is 0 Å². The predicted octanol–water partition coefficient (Wildman–Crippen LogP) is 2.81. The molecular weight excluding hydrogens is 371 g/mol. The fraction of sp³-hybridized carbons (Fsp3) is 0.526. The van der Waals surface area contributed by atoms with E-state index in [4.69, 9.17) is 0 Å². The lowest BCUT2D eigenvalue weighted by Crippen LogP contribution is -2.35. The van der Waals surface area contributed by atoms with Crippen LogP contribution in [0.5, 0.6) is 0 Å². The van der Waals surface area contributed by atoms with Crippen molar-refractivity contribution in [2.75, 3.05) is 26.2 Å². The van der Waals surface area contributed by atoms with E-state index in [1.165, 1.54) is 18.5 Å². The maximum atomic E-state index is 12.7. The number of rotatable bonds is 6. The summed E-state index contributed by atoms with van der Waals surface area (Å²) < 4.78 is 39.7. The molecular formula is C19H24F3N5O. The predicted molar refractivity (Wildman–Crippen MR) is 97.2 cm³/mol. The van der Waals surface area contributed by atoms with Crippen molar-refractivity contribution in [2.45, 2.75) is 38.5 Å². The number of alkyl halides is 3. The topological polar surface area (TPSA) is 54.3 Å². The van der Waals surface area contributed by atoms with E-state index < -0.39 is 11.7 Å². The summed E-state index contributed by atoms with van der Waals surface area (Å²) >= 11 is 0. The Labute approximate surface area is 162 Å². The summed E-state index contributed by atoms with van der Waals surface area (Å²) in [6.07, 6.45) is 0.843. The van der Waals surface area contributed by atoms with Crippen LogP contribution in [0, 0.1) is 0 Å².